The van der Waals surface area contributed by atoms with Crippen LogP contribution in [0.1, 0.15) is 6.42 Å². The molecule has 0 saturated carbocycles. The summed E-state index contributed by atoms with van der Waals surface area (Å²) in [6.07, 6.45) is 1.35. The molecule has 1 N–H and O–H groups in total. The van der Waals surface area contributed by atoms with E-state index in [0.717, 1.165) is 38.9 Å². The molecule has 2 rings (SSSR count). The average Bonchev–Trinajstić information content (AvgIpc) is 2.72. The van der Waals surface area contributed by atoms with E-state index in [1.807, 2.05) is 0 Å². The van der Waals surface area contributed by atoms with Crippen LogP contribution in [-0.2, 0) is 4.74 Å². The van der Waals surface area contributed by atoms with Crippen molar-refractivity contribution < 1.29 is 4.74 Å². The van der Waals surface area contributed by atoms with Crippen LogP contribution < -0.4 is 5.32 Å². The summed E-state index contributed by atoms with van der Waals surface area (Å²) in [6.45, 7) is 6.39. The van der Waals surface area contributed by atoms with Gasteiger partial charge >= 0.3 is 0 Å². The molecule has 0 aromatic rings. The number of thioether (sulfide) groups is 1. The molecule has 0 radical (unpaired) electrons. The lowest BCUT2D eigenvalue weighted by Gasteiger charge is -2.27. The third-order valence-corrected chi connectivity index (χ3v) is 4.06. The van der Waals surface area contributed by atoms with Crippen molar-refractivity contribution in [3.05, 3.63) is 0 Å². The van der Waals surface area contributed by atoms with Crippen molar-refractivity contribution in [1.82, 2.24) is 10.2 Å². The van der Waals surface area contributed by atoms with Crippen LogP contribution in [0.2, 0.25) is 0 Å². The van der Waals surface area contributed by atoms with E-state index in [2.05, 4.69) is 22.0 Å². The van der Waals surface area contributed by atoms with Gasteiger partial charge in [-0.1, -0.05) is 0 Å². The first-order valence-electron chi connectivity index (χ1n) is 5.56. The predicted octanol–water partition coefficient (Wildman–Crippen LogP) is 0.414. The molecular weight excluding hydrogens is 196 g/mol. The fraction of sp³-hybridized carbons (Fsp3) is 1.00. The summed E-state index contributed by atoms with van der Waals surface area (Å²) in [5, 5.41) is 3.63. The predicted molar refractivity (Wildman–Crippen MR) is 61.0 cm³/mol. The number of hydrogen-bond acceptors (Lipinski definition) is 4. The molecule has 1 unspecified atom stereocenters. The van der Waals surface area contributed by atoms with Gasteiger partial charge in [-0.15, -0.1) is 0 Å². The second-order valence-electron chi connectivity index (χ2n) is 3.97. The molecule has 82 valence electrons. The highest BCUT2D eigenvalue weighted by molar-refractivity contribution is 7.99. The molecule has 0 aromatic heterocycles. The highest BCUT2D eigenvalue weighted by Crippen LogP contribution is 2.16. The van der Waals surface area contributed by atoms with Crippen molar-refractivity contribution in [2.24, 2.45) is 0 Å². The van der Waals surface area contributed by atoms with Gasteiger partial charge < -0.3 is 10.1 Å². The van der Waals surface area contributed by atoms with Crippen LogP contribution in [0.15, 0.2) is 0 Å². The van der Waals surface area contributed by atoms with Gasteiger partial charge in [-0.2, -0.15) is 11.8 Å². The van der Waals surface area contributed by atoms with Crippen molar-refractivity contribution in [3.63, 3.8) is 0 Å². The molecule has 0 aromatic carbocycles. The monoisotopic (exact) mass is 216 g/mol. The van der Waals surface area contributed by atoms with Gasteiger partial charge in [-0.25, -0.2) is 0 Å². The van der Waals surface area contributed by atoms with Gasteiger partial charge in [-0.05, 0) is 12.2 Å². The van der Waals surface area contributed by atoms with Crippen molar-refractivity contribution in [2.45, 2.75) is 12.5 Å². The van der Waals surface area contributed by atoms with Crippen LogP contribution in [-0.4, -0.2) is 61.8 Å². The van der Waals surface area contributed by atoms with E-state index in [1.165, 1.54) is 24.5 Å². The second-order valence-corrected chi connectivity index (χ2v) is 5.12. The summed E-state index contributed by atoms with van der Waals surface area (Å²) in [5.74, 6) is 2.65. The average molecular weight is 216 g/mol. The molecule has 4 heteroatoms. The maximum atomic E-state index is 5.31. The molecule has 1 atom stereocenters. The molecule has 3 nitrogen and oxygen atoms in total. The molecule has 0 bridgehead atoms. The highest BCUT2D eigenvalue weighted by atomic mass is 32.2. The lowest BCUT2D eigenvalue weighted by Crippen LogP contribution is -2.42. The van der Waals surface area contributed by atoms with Gasteiger partial charge in [0, 0.05) is 38.0 Å². The minimum atomic E-state index is 0.779. The maximum Gasteiger partial charge on any atom is 0.0594 e. The van der Waals surface area contributed by atoms with Gasteiger partial charge in [0.25, 0.3) is 0 Å². The summed E-state index contributed by atoms with van der Waals surface area (Å²) in [4.78, 5) is 2.48. The SMILES string of the molecule is C(CN1CCOCC1)NC1CCSC1. The van der Waals surface area contributed by atoms with Gasteiger partial charge in [0.2, 0.25) is 0 Å². The van der Waals surface area contributed by atoms with Gasteiger partial charge in [0.05, 0.1) is 13.2 Å². The highest BCUT2D eigenvalue weighted by Gasteiger charge is 2.15. The van der Waals surface area contributed by atoms with Gasteiger partial charge in [0.15, 0.2) is 0 Å². The Kier molecular flexibility index (Phi) is 4.57. The van der Waals surface area contributed by atoms with Crippen LogP contribution in [0.3, 0.4) is 0 Å². The van der Waals surface area contributed by atoms with Crippen molar-refractivity contribution in [3.8, 4) is 0 Å². The Morgan fingerprint density at radius 3 is 2.93 bits per heavy atom. The second kappa shape index (κ2) is 5.95. The number of hydrogen-bond donors (Lipinski definition) is 1. The zero-order valence-electron chi connectivity index (χ0n) is 8.71. The lowest BCUT2D eigenvalue weighted by molar-refractivity contribution is 0.0382. The van der Waals surface area contributed by atoms with Crippen LogP contribution in [0.5, 0.6) is 0 Å². The zero-order valence-corrected chi connectivity index (χ0v) is 9.52. The number of rotatable bonds is 4. The Bertz CT molecular complexity index is 156. The van der Waals surface area contributed by atoms with E-state index >= 15 is 0 Å². The van der Waals surface area contributed by atoms with Crippen molar-refractivity contribution in [1.29, 1.82) is 0 Å². The fourth-order valence-corrected chi connectivity index (χ4v) is 3.13. The minimum Gasteiger partial charge on any atom is -0.379 e. The summed E-state index contributed by atoms with van der Waals surface area (Å²) in [7, 11) is 0. The van der Waals surface area contributed by atoms with Crippen LogP contribution in [0, 0.1) is 0 Å². The summed E-state index contributed by atoms with van der Waals surface area (Å²) >= 11 is 2.07. The third-order valence-electron chi connectivity index (χ3n) is 2.89. The molecule has 14 heavy (non-hydrogen) atoms. The summed E-state index contributed by atoms with van der Waals surface area (Å²) in [5.41, 5.74) is 0. The topological polar surface area (TPSA) is 24.5 Å². The van der Waals surface area contributed by atoms with Crippen LogP contribution in [0.4, 0.5) is 0 Å². The molecule has 2 aliphatic heterocycles. The van der Waals surface area contributed by atoms with Crippen molar-refractivity contribution >= 4 is 11.8 Å². The lowest BCUT2D eigenvalue weighted by atomic mass is 10.2. The van der Waals surface area contributed by atoms with E-state index in [-0.39, 0.29) is 0 Å². The van der Waals surface area contributed by atoms with Crippen LogP contribution >= 0.6 is 11.8 Å². The minimum absolute atomic E-state index is 0.779. The number of nitrogens with one attached hydrogen (secondary N) is 1. The Morgan fingerprint density at radius 2 is 2.21 bits per heavy atom. The van der Waals surface area contributed by atoms with E-state index in [1.54, 1.807) is 0 Å². The number of nitrogens with zero attached hydrogens (tertiary/aromatic N) is 1. The summed E-state index contributed by atoms with van der Waals surface area (Å²) in [6, 6.07) is 0.779. The smallest absolute Gasteiger partial charge is 0.0594 e. The first-order chi connectivity index (χ1) is 6.95. The first-order valence-corrected chi connectivity index (χ1v) is 6.72. The largest absolute Gasteiger partial charge is 0.379 e. The molecule has 0 spiro atoms. The van der Waals surface area contributed by atoms with E-state index < -0.39 is 0 Å². The third kappa shape index (κ3) is 3.42. The molecule has 0 aliphatic carbocycles. The Morgan fingerprint density at radius 1 is 1.36 bits per heavy atom. The van der Waals surface area contributed by atoms with Crippen LogP contribution in [0.25, 0.3) is 0 Å². The quantitative estimate of drug-likeness (QED) is 0.736. The molecule has 2 heterocycles. The standard InChI is InChI=1S/C10H20N2OS/c1-8-14-9-10(1)11-2-3-12-4-6-13-7-5-12/h10-11H,1-9H2. The molecule has 2 fully saturated rings. The Hall–Kier alpha value is 0.230. The zero-order chi connectivity index (χ0) is 9.64. The Balaban J connectivity index is 1.52. The molecule has 2 aliphatic rings. The maximum absolute atomic E-state index is 5.31. The first kappa shape index (κ1) is 10.7. The number of morpholine rings is 1. The Labute approximate surface area is 90.6 Å². The molecule has 0 amide bonds. The van der Waals surface area contributed by atoms with Gasteiger partial charge in [-0.3, -0.25) is 4.90 Å². The van der Waals surface area contributed by atoms with Crippen molar-refractivity contribution in [2.75, 3.05) is 50.9 Å². The van der Waals surface area contributed by atoms with E-state index in [0.29, 0.717) is 0 Å². The molecule has 2 saturated heterocycles. The number of ether oxygens (including phenoxy) is 1. The fourth-order valence-electron chi connectivity index (χ4n) is 1.95. The molecular formula is C10H20N2OS. The van der Waals surface area contributed by atoms with E-state index in [9.17, 15) is 0 Å². The van der Waals surface area contributed by atoms with E-state index in [4.69, 9.17) is 4.74 Å². The summed E-state index contributed by atoms with van der Waals surface area (Å²) < 4.78 is 5.31. The van der Waals surface area contributed by atoms with Gasteiger partial charge in [0.1, 0.15) is 0 Å². The normalized spacial score (nSPS) is 29.6.